The molecule has 0 bridgehead atoms. The van der Waals surface area contributed by atoms with Gasteiger partial charge in [0, 0.05) is 26.0 Å². The van der Waals surface area contributed by atoms with Crippen LogP contribution >= 0.6 is 0 Å². The van der Waals surface area contributed by atoms with Gasteiger partial charge in [0.25, 0.3) is 0 Å². The molecule has 1 aromatic carbocycles. The Balaban J connectivity index is 0.00000261. The Hall–Kier alpha value is -3.02. The monoisotopic (exact) mass is 352 g/mol. The average molecular weight is 352 g/mol. The average Bonchev–Trinajstić information content (AvgIpc) is 3.09. The van der Waals surface area contributed by atoms with Gasteiger partial charge in [-0.3, -0.25) is 9.78 Å². The van der Waals surface area contributed by atoms with Gasteiger partial charge in [-0.1, -0.05) is 50.2 Å². The van der Waals surface area contributed by atoms with Crippen molar-refractivity contribution in [2.75, 3.05) is 5.32 Å². The van der Waals surface area contributed by atoms with Crippen LogP contribution in [0.5, 0.6) is 0 Å². The largest absolute Gasteiger partial charge is 0.339 e. The number of carbonyl (C=O) groups excluding carboxylic acids is 1. The molecule has 3 aromatic rings. The van der Waals surface area contributed by atoms with E-state index in [0.29, 0.717) is 23.8 Å². The summed E-state index contributed by atoms with van der Waals surface area (Å²) in [5.41, 5.74) is 2.91. The molecule has 6 nitrogen and oxygen atoms in total. The molecule has 1 amide bonds. The van der Waals surface area contributed by atoms with Crippen LogP contribution in [0.25, 0.3) is 11.4 Å². The summed E-state index contributed by atoms with van der Waals surface area (Å²) in [5, 5.41) is 6.79. The third kappa shape index (κ3) is 4.53. The number of rotatable bonds is 5. The first-order chi connectivity index (χ1) is 12.4. The molecular weight excluding hydrogens is 328 g/mol. The number of hydrogen-bond acceptors (Lipinski definition) is 5. The number of anilines is 1. The van der Waals surface area contributed by atoms with E-state index in [4.69, 9.17) is 4.52 Å². The fourth-order valence-electron chi connectivity index (χ4n) is 2.47. The van der Waals surface area contributed by atoms with Crippen molar-refractivity contribution in [2.45, 2.75) is 39.0 Å². The number of pyridine rings is 1. The molecule has 2 heterocycles. The third-order valence-corrected chi connectivity index (χ3v) is 3.99. The number of amides is 1. The molecule has 136 valence electrons. The summed E-state index contributed by atoms with van der Waals surface area (Å²) < 4.78 is 5.26. The summed E-state index contributed by atoms with van der Waals surface area (Å²) in [6.07, 6.45) is 3.91. The molecule has 0 saturated carbocycles. The number of aryl methyl sites for hydroxylation is 1. The van der Waals surface area contributed by atoms with Crippen LogP contribution in [0.4, 0.5) is 5.69 Å². The Morgan fingerprint density at radius 1 is 1.19 bits per heavy atom. The van der Waals surface area contributed by atoms with Gasteiger partial charge in [-0.25, -0.2) is 0 Å². The van der Waals surface area contributed by atoms with E-state index < -0.39 is 0 Å². The van der Waals surface area contributed by atoms with E-state index in [2.05, 4.69) is 53.3 Å². The van der Waals surface area contributed by atoms with E-state index in [0.717, 1.165) is 5.56 Å². The summed E-state index contributed by atoms with van der Waals surface area (Å²) in [6.45, 7) is 6.51. The van der Waals surface area contributed by atoms with Crippen molar-refractivity contribution < 1.29 is 10.7 Å². The zero-order valence-electron chi connectivity index (χ0n) is 15.2. The van der Waals surface area contributed by atoms with Crippen LogP contribution < -0.4 is 5.32 Å². The van der Waals surface area contributed by atoms with Crippen molar-refractivity contribution in [1.29, 1.82) is 0 Å². The van der Waals surface area contributed by atoms with Gasteiger partial charge in [-0.2, -0.15) is 4.98 Å². The first-order valence-corrected chi connectivity index (χ1v) is 8.55. The Morgan fingerprint density at radius 2 is 1.96 bits per heavy atom. The number of aromatic nitrogens is 3. The Morgan fingerprint density at radius 3 is 2.62 bits per heavy atom. The minimum atomic E-state index is -0.118. The van der Waals surface area contributed by atoms with E-state index in [1.165, 1.54) is 5.56 Å². The van der Waals surface area contributed by atoms with E-state index in [9.17, 15) is 4.79 Å². The second-order valence-corrected chi connectivity index (χ2v) is 7.13. The van der Waals surface area contributed by atoms with Crippen LogP contribution in [0.3, 0.4) is 0 Å². The fourth-order valence-corrected chi connectivity index (χ4v) is 2.47. The maximum absolute atomic E-state index is 12.0. The van der Waals surface area contributed by atoms with Crippen molar-refractivity contribution in [3.8, 4) is 11.4 Å². The lowest BCUT2D eigenvalue weighted by Gasteiger charge is -2.18. The van der Waals surface area contributed by atoms with Crippen LogP contribution in [0.15, 0.2) is 53.3 Å². The molecule has 1 N–H and O–H groups in total. The lowest BCUT2D eigenvalue weighted by atomic mass is 9.87. The summed E-state index contributed by atoms with van der Waals surface area (Å²) in [7, 11) is 0. The molecule has 0 spiro atoms. The molecule has 0 unspecified atom stereocenters. The van der Waals surface area contributed by atoms with Gasteiger partial charge in [0.1, 0.15) is 0 Å². The van der Waals surface area contributed by atoms with E-state index in [1.54, 1.807) is 24.5 Å². The Bertz CT molecular complexity index is 871. The highest BCUT2D eigenvalue weighted by molar-refractivity contribution is 5.90. The third-order valence-electron chi connectivity index (χ3n) is 3.99. The highest BCUT2D eigenvalue weighted by Crippen LogP contribution is 2.25. The van der Waals surface area contributed by atoms with E-state index in [-0.39, 0.29) is 19.2 Å². The molecule has 6 heteroatoms. The SMILES string of the molecule is CC(C)(C)c1ccc(-c2noc(CCC(=O)Nc3cccnc3)n2)cc1.[HH]. The first-order valence-electron chi connectivity index (χ1n) is 8.55. The molecule has 0 aliphatic rings. The molecule has 3 rings (SSSR count). The van der Waals surface area contributed by atoms with Crippen molar-refractivity contribution >= 4 is 11.6 Å². The highest BCUT2D eigenvalue weighted by atomic mass is 16.5. The molecule has 0 aliphatic carbocycles. The second-order valence-electron chi connectivity index (χ2n) is 7.13. The Kier molecular flexibility index (Phi) is 5.11. The molecule has 0 saturated heterocycles. The van der Waals surface area contributed by atoms with E-state index >= 15 is 0 Å². The lowest BCUT2D eigenvalue weighted by molar-refractivity contribution is -0.116. The quantitative estimate of drug-likeness (QED) is 0.742. The van der Waals surface area contributed by atoms with Crippen LogP contribution in [-0.4, -0.2) is 21.0 Å². The van der Waals surface area contributed by atoms with Crippen LogP contribution in [0.1, 0.15) is 40.1 Å². The second kappa shape index (κ2) is 7.47. The maximum Gasteiger partial charge on any atom is 0.227 e. The fraction of sp³-hybridized carbons (Fsp3) is 0.300. The molecule has 0 radical (unpaired) electrons. The molecule has 0 fully saturated rings. The maximum atomic E-state index is 12.0. The van der Waals surface area contributed by atoms with Crippen molar-refractivity contribution in [2.24, 2.45) is 0 Å². The summed E-state index contributed by atoms with van der Waals surface area (Å²) in [6, 6.07) is 11.7. The van der Waals surface area contributed by atoms with Crippen molar-refractivity contribution in [1.82, 2.24) is 15.1 Å². The van der Waals surface area contributed by atoms with Gasteiger partial charge in [0.05, 0.1) is 11.9 Å². The number of nitrogens with zero attached hydrogens (tertiary/aromatic N) is 3. The topological polar surface area (TPSA) is 80.9 Å². The predicted octanol–water partition coefficient (Wildman–Crippen LogP) is 4.25. The summed E-state index contributed by atoms with van der Waals surface area (Å²) in [4.78, 5) is 20.3. The lowest BCUT2D eigenvalue weighted by Crippen LogP contribution is -2.12. The summed E-state index contributed by atoms with van der Waals surface area (Å²) in [5.74, 6) is 0.863. The van der Waals surface area contributed by atoms with Crippen LogP contribution in [-0.2, 0) is 16.6 Å². The zero-order chi connectivity index (χ0) is 18.6. The van der Waals surface area contributed by atoms with Gasteiger partial charge in [0.2, 0.25) is 17.6 Å². The molecular formula is C20H24N4O2. The Labute approximate surface area is 154 Å². The van der Waals surface area contributed by atoms with E-state index in [1.807, 2.05) is 12.1 Å². The molecule has 26 heavy (non-hydrogen) atoms. The normalized spacial score (nSPS) is 11.3. The minimum absolute atomic E-state index is 0. The first kappa shape index (κ1) is 17.8. The summed E-state index contributed by atoms with van der Waals surface area (Å²) >= 11 is 0. The van der Waals surface area contributed by atoms with Gasteiger partial charge in [-0.15, -0.1) is 0 Å². The zero-order valence-corrected chi connectivity index (χ0v) is 15.2. The van der Waals surface area contributed by atoms with Crippen molar-refractivity contribution in [3.05, 3.63) is 60.2 Å². The molecule has 0 atom stereocenters. The molecule has 2 aromatic heterocycles. The smallest absolute Gasteiger partial charge is 0.227 e. The number of hydrogen-bond donors (Lipinski definition) is 1. The minimum Gasteiger partial charge on any atom is -0.339 e. The number of nitrogens with one attached hydrogen (secondary N) is 1. The van der Waals surface area contributed by atoms with Gasteiger partial charge in [0.15, 0.2) is 0 Å². The van der Waals surface area contributed by atoms with Crippen LogP contribution in [0.2, 0.25) is 0 Å². The van der Waals surface area contributed by atoms with Gasteiger partial charge >= 0.3 is 0 Å². The highest BCUT2D eigenvalue weighted by Gasteiger charge is 2.15. The standard InChI is InChI=1S/C20H22N4O2.H2/c1-20(2,3)15-8-6-14(7-9-15)19-23-18(26-24-19)11-10-17(25)22-16-5-4-12-21-13-16;/h4-9,12-13H,10-11H2,1-3H3,(H,22,25);1H. The molecule has 0 aliphatic heterocycles. The van der Waals surface area contributed by atoms with Crippen molar-refractivity contribution in [3.63, 3.8) is 0 Å². The van der Waals surface area contributed by atoms with Crippen LogP contribution in [0, 0.1) is 0 Å². The number of carbonyl (C=O) groups is 1. The van der Waals surface area contributed by atoms with Gasteiger partial charge < -0.3 is 9.84 Å². The number of benzene rings is 1. The van der Waals surface area contributed by atoms with Gasteiger partial charge in [-0.05, 0) is 23.1 Å². The predicted molar refractivity (Wildman–Crippen MR) is 102 cm³/mol.